The number of likely N-dealkylation sites (N-methyl/N-ethyl adjacent to an activating group) is 1. The molecule has 0 saturated heterocycles. The van der Waals surface area contributed by atoms with Crippen LogP contribution in [0.15, 0.2) is 24.4 Å². The molecule has 2 rings (SSSR count). The lowest BCUT2D eigenvalue weighted by Crippen LogP contribution is -2.54. The first-order valence-electron chi connectivity index (χ1n) is 5.55. The first-order valence-corrected chi connectivity index (χ1v) is 5.55. The van der Waals surface area contributed by atoms with Gasteiger partial charge in [0, 0.05) is 24.8 Å². The second-order valence-electron chi connectivity index (χ2n) is 4.71. The molecule has 0 unspecified atom stereocenters. The number of pyridine rings is 1. The average Bonchev–Trinajstić information content (AvgIpc) is 2.16. The Morgan fingerprint density at radius 1 is 1.47 bits per heavy atom. The SMILES string of the molecule is CN(Cc1ccccn1)CC1(N)CCC1. The van der Waals surface area contributed by atoms with E-state index in [2.05, 4.69) is 23.0 Å². The molecule has 0 aliphatic heterocycles. The molecule has 1 aliphatic carbocycles. The van der Waals surface area contributed by atoms with E-state index in [-0.39, 0.29) is 5.54 Å². The number of nitrogens with two attached hydrogens (primary N) is 1. The van der Waals surface area contributed by atoms with Gasteiger partial charge in [0.1, 0.15) is 0 Å². The molecular weight excluding hydrogens is 186 g/mol. The van der Waals surface area contributed by atoms with Crippen LogP contribution in [-0.2, 0) is 6.54 Å². The van der Waals surface area contributed by atoms with Crippen molar-refractivity contribution in [3.8, 4) is 0 Å². The van der Waals surface area contributed by atoms with E-state index >= 15 is 0 Å². The molecule has 1 aromatic rings. The Balaban J connectivity index is 1.84. The highest BCUT2D eigenvalue weighted by Gasteiger charge is 2.33. The van der Waals surface area contributed by atoms with E-state index in [0.717, 1.165) is 18.8 Å². The smallest absolute Gasteiger partial charge is 0.0543 e. The highest BCUT2D eigenvalue weighted by molar-refractivity contribution is 5.04. The van der Waals surface area contributed by atoms with Gasteiger partial charge in [0.25, 0.3) is 0 Å². The molecule has 0 aromatic carbocycles. The van der Waals surface area contributed by atoms with E-state index in [1.165, 1.54) is 19.3 Å². The Kier molecular flexibility index (Phi) is 3.03. The second kappa shape index (κ2) is 4.29. The van der Waals surface area contributed by atoms with Crippen molar-refractivity contribution >= 4 is 0 Å². The quantitative estimate of drug-likeness (QED) is 0.807. The van der Waals surface area contributed by atoms with Crippen LogP contribution in [0, 0.1) is 0 Å². The molecule has 2 N–H and O–H groups in total. The number of hydrogen-bond donors (Lipinski definition) is 1. The van der Waals surface area contributed by atoms with Crippen molar-refractivity contribution in [2.24, 2.45) is 5.73 Å². The molecule has 0 spiro atoms. The lowest BCUT2D eigenvalue weighted by molar-refractivity contribution is 0.160. The van der Waals surface area contributed by atoms with E-state index in [4.69, 9.17) is 5.73 Å². The molecule has 3 heteroatoms. The van der Waals surface area contributed by atoms with Gasteiger partial charge in [-0.15, -0.1) is 0 Å². The first-order chi connectivity index (χ1) is 7.18. The molecular formula is C12H19N3. The highest BCUT2D eigenvalue weighted by atomic mass is 15.1. The van der Waals surface area contributed by atoms with Crippen LogP contribution in [-0.4, -0.2) is 29.0 Å². The summed E-state index contributed by atoms with van der Waals surface area (Å²) in [7, 11) is 2.11. The van der Waals surface area contributed by atoms with Gasteiger partial charge in [0.05, 0.1) is 5.69 Å². The van der Waals surface area contributed by atoms with Gasteiger partial charge in [0.15, 0.2) is 0 Å². The van der Waals surface area contributed by atoms with Crippen LogP contribution in [0.25, 0.3) is 0 Å². The van der Waals surface area contributed by atoms with Crippen LogP contribution in [0.4, 0.5) is 0 Å². The summed E-state index contributed by atoms with van der Waals surface area (Å²) in [6.07, 6.45) is 5.46. The lowest BCUT2D eigenvalue weighted by Gasteiger charge is -2.40. The number of hydrogen-bond acceptors (Lipinski definition) is 3. The summed E-state index contributed by atoms with van der Waals surface area (Å²) in [5, 5.41) is 0. The normalized spacial score (nSPS) is 18.9. The summed E-state index contributed by atoms with van der Waals surface area (Å²) in [6.45, 7) is 1.86. The predicted molar refractivity (Wildman–Crippen MR) is 61.3 cm³/mol. The van der Waals surface area contributed by atoms with E-state index in [1.807, 2.05) is 18.3 Å². The molecule has 0 radical (unpaired) electrons. The summed E-state index contributed by atoms with van der Waals surface area (Å²) in [6, 6.07) is 6.03. The molecule has 1 aliphatic rings. The van der Waals surface area contributed by atoms with Crippen molar-refractivity contribution in [1.29, 1.82) is 0 Å². The molecule has 15 heavy (non-hydrogen) atoms. The molecule has 82 valence electrons. The largest absolute Gasteiger partial charge is 0.324 e. The van der Waals surface area contributed by atoms with E-state index in [1.54, 1.807) is 0 Å². The Hall–Kier alpha value is -0.930. The van der Waals surface area contributed by atoms with Gasteiger partial charge in [-0.25, -0.2) is 0 Å². The van der Waals surface area contributed by atoms with Gasteiger partial charge in [-0.2, -0.15) is 0 Å². The van der Waals surface area contributed by atoms with Gasteiger partial charge >= 0.3 is 0 Å². The van der Waals surface area contributed by atoms with E-state index in [9.17, 15) is 0 Å². The molecule has 3 nitrogen and oxygen atoms in total. The van der Waals surface area contributed by atoms with Crippen molar-refractivity contribution < 1.29 is 0 Å². The lowest BCUT2D eigenvalue weighted by atomic mass is 9.77. The van der Waals surface area contributed by atoms with Crippen LogP contribution in [0.5, 0.6) is 0 Å². The van der Waals surface area contributed by atoms with E-state index < -0.39 is 0 Å². The fourth-order valence-electron chi connectivity index (χ4n) is 2.15. The van der Waals surface area contributed by atoms with Crippen molar-refractivity contribution in [3.05, 3.63) is 30.1 Å². The average molecular weight is 205 g/mol. The van der Waals surface area contributed by atoms with Gasteiger partial charge in [0.2, 0.25) is 0 Å². The predicted octanol–water partition coefficient (Wildman–Crippen LogP) is 1.39. The third kappa shape index (κ3) is 2.76. The van der Waals surface area contributed by atoms with Gasteiger partial charge in [-0.3, -0.25) is 9.88 Å². The molecule has 1 fully saturated rings. The Morgan fingerprint density at radius 2 is 2.27 bits per heavy atom. The zero-order chi connectivity index (χ0) is 10.7. The van der Waals surface area contributed by atoms with Crippen molar-refractivity contribution in [1.82, 2.24) is 9.88 Å². The maximum Gasteiger partial charge on any atom is 0.0543 e. The highest BCUT2D eigenvalue weighted by Crippen LogP contribution is 2.29. The Bertz CT molecular complexity index is 306. The first kappa shape index (κ1) is 10.6. The van der Waals surface area contributed by atoms with Gasteiger partial charge in [-0.1, -0.05) is 6.07 Å². The van der Waals surface area contributed by atoms with Crippen LogP contribution < -0.4 is 5.73 Å². The van der Waals surface area contributed by atoms with Crippen LogP contribution in [0.1, 0.15) is 25.0 Å². The maximum atomic E-state index is 6.20. The Morgan fingerprint density at radius 3 is 2.80 bits per heavy atom. The molecule has 0 amide bonds. The fraction of sp³-hybridized carbons (Fsp3) is 0.583. The van der Waals surface area contributed by atoms with Crippen LogP contribution >= 0.6 is 0 Å². The third-order valence-corrected chi connectivity index (χ3v) is 3.09. The van der Waals surface area contributed by atoms with Crippen LogP contribution in [0.3, 0.4) is 0 Å². The summed E-state index contributed by atoms with van der Waals surface area (Å²) in [5.41, 5.74) is 7.38. The van der Waals surface area contributed by atoms with Crippen molar-refractivity contribution in [3.63, 3.8) is 0 Å². The van der Waals surface area contributed by atoms with Gasteiger partial charge in [-0.05, 0) is 38.4 Å². The van der Waals surface area contributed by atoms with Crippen molar-refractivity contribution in [2.45, 2.75) is 31.3 Å². The minimum absolute atomic E-state index is 0.0729. The minimum atomic E-state index is 0.0729. The van der Waals surface area contributed by atoms with E-state index in [0.29, 0.717) is 0 Å². The van der Waals surface area contributed by atoms with Crippen LogP contribution in [0.2, 0.25) is 0 Å². The monoisotopic (exact) mass is 205 g/mol. The summed E-state index contributed by atoms with van der Waals surface area (Å²) in [4.78, 5) is 6.58. The summed E-state index contributed by atoms with van der Waals surface area (Å²) < 4.78 is 0. The fourth-order valence-corrected chi connectivity index (χ4v) is 2.15. The molecule has 0 bridgehead atoms. The molecule has 1 saturated carbocycles. The third-order valence-electron chi connectivity index (χ3n) is 3.09. The van der Waals surface area contributed by atoms with Gasteiger partial charge < -0.3 is 5.73 Å². The summed E-state index contributed by atoms with van der Waals surface area (Å²) >= 11 is 0. The number of nitrogens with zero attached hydrogens (tertiary/aromatic N) is 2. The second-order valence-corrected chi connectivity index (χ2v) is 4.71. The number of aromatic nitrogens is 1. The number of rotatable bonds is 4. The minimum Gasteiger partial charge on any atom is -0.324 e. The molecule has 1 aromatic heterocycles. The zero-order valence-electron chi connectivity index (χ0n) is 9.32. The van der Waals surface area contributed by atoms with Crippen molar-refractivity contribution in [2.75, 3.05) is 13.6 Å². The molecule has 0 atom stereocenters. The maximum absolute atomic E-state index is 6.20. The zero-order valence-corrected chi connectivity index (χ0v) is 9.32. The summed E-state index contributed by atoms with van der Waals surface area (Å²) in [5.74, 6) is 0. The Labute approximate surface area is 91.3 Å². The molecule has 1 heterocycles. The standard InChI is InChI=1S/C12H19N3/c1-15(10-12(13)6-4-7-12)9-11-5-2-3-8-14-11/h2-3,5,8H,4,6-7,9-10,13H2,1H3. The topological polar surface area (TPSA) is 42.2 Å².